The van der Waals surface area contributed by atoms with E-state index in [1.807, 2.05) is 13.8 Å². The summed E-state index contributed by atoms with van der Waals surface area (Å²) in [4.78, 5) is 0. The maximum Gasteiger partial charge on any atom is 0.156 e. The number of oxime groups is 1. The Morgan fingerprint density at radius 2 is 2.27 bits per heavy atom. The minimum Gasteiger partial charge on any atom is -0.409 e. The van der Waals surface area contributed by atoms with Gasteiger partial charge in [-0.1, -0.05) is 12.1 Å². The molecule has 0 amide bonds. The highest BCUT2D eigenvalue weighted by Gasteiger charge is 2.31. The first-order valence-corrected chi connectivity index (χ1v) is 5.56. The molecule has 0 aromatic heterocycles. The average Bonchev–Trinajstić information content (AvgIpc) is 2.20. The fourth-order valence-corrected chi connectivity index (χ4v) is 1.84. The zero-order valence-electron chi connectivity index (χ0n) is 9.44. The standard InChI is InChI=1S/C10H21N3O2/c1-3-9(10(11)13-14)12-7-5-8(6-7)15-4-2/h7-9,12,14H,3-6H2,1-2H3,(H2,11,13). The van der Waals surface area contributed by atoms with Crippen LogP contribution in [0.1, 0.15) is 33.1 Å². The van der Waals surface area contributed by atoms with Gasteiger partial charge in [-0.25, -0.2) is 0 Å². The number of nitrogens with zero attached hydrogens (tertiary/aromatic N) is 1. The number of hydrogen-bond donors (Lipinski definition) is 3. The summed E-state index contributed by atoms with van der Waals surface area (Å²) in [7, 11) is 0. The molecule has 88 valence electrons. The summed E-state index contributed by atoms with van der Waals surface area (Å²) in [6, 6.07) is 0.411. The van der Waals surface area contributed by atoms with Crippen LogP contribution < -0.4 is 11.1 Å². The number of ether oxygens (including phenoxy) is 1. The van der Waals surface area contributed by atoms with Gasteiger partial charge in [0.1, 0.15) is 0 Å². The van der Waals surface area contributed by atoms with E-state index in [-0.39, 0.29) is 11.9 Å². The van der Waals surface area contributed by atoms with Crippen molar-refractivity contribution in [3.8, 4) is 0 Å². The first kappa shape index (κ1) is 12.3. The lowest BCUT2D eigenvalue weighted by Crippen LogP contribution is -2.53. The number of amidine groups is 1. The van der Waals surface area contributed by atoms with Crippen LogP contribution in [0.3, 0.4) is 0 Å². The molecule has 1 rings (SSSR count). The van der Waals surface area contributed by atoms with Crippen LogP contribution in [0.5, 0.6) is 0 Å². The molecule has 0 radical (unpaired) electrons. The third-order valence-electron chi connectivity index (χ3n) is 2.81. The Morgan fingerprint density at radius 1 is 1.60 bits per heavy atom. The quantitative estimate of drug-likeness (QED) is 0.263. The molecule has 4 N–H and O–H groups in total. The molecular weight excluding hydrogens is 194 g/mol. The molecule has 0 spiro atoms. The van der Waals surface area contributed by atoms with Gasteiger partial charge in [-0.05, 0) is 26.2 Å². The van der Waals surface area contributed by atoms with Gasteiger partial charge in [-0.2, -0.15) is 0 Å². The third kappa shape index (κ3) is 3.35. The van der Waals surface area contributed by atoms with Crippen molar-refractivity contribution in [1.82, 2.24) is 5.32 Å². The van der Waals surface area contributed by atoms with Crippen molar-refractivity contribution in [3.63, 3.8) is 0 Å². The van der Waals surface area contributed by atoms with Gasteiger partial charge in [0.05, 0.1) is 12.1 Å². The Kier molecular flexibility index (Phi) is 4.84. The first-order chi connectivity index (χ1) is 7.21. The molecule has 0 saturated heterocycles. The van der Waals surface area contributed by atoms with Crippen molar-refractivity contribution in [3.05, 3.63) is 0 Å². The van der Waals surface area contributed by atoms with Crippen LogP contribution in [0.25, 0.3) is 0 Å². The van der Waals surface area contributed by atoms with Crippen LogP contribution in [0, 0.1) is 0 Å². The molecule has 15 heavy (non-hydrogen) atoms. The molecule has 1 aliphatic carbocycles. The number of rotatable bonds is 6. The van der Waals surface area contributed by atoms with E-state index < -0.39 is 0 Å². The summed E-state index contributed by atoms with van der Waals surface area (Å²) in [5.74, 6) is 0.261. The normalized spacial score (nSPS) is 28.5. The van der Waals surface area contributed by atoms with Crippen LogP contribution in [0.2, 0.25) is 0 Å². The number of hydrogen-bond acceptors (Lipinski definition) is 4. The predicted octanol–water partition coefficient (Wildman–Crippen LogP) is 0.669. The zero-order chi connectivity index (χ0) is 11.3. The molecule has 1 fully saturated rings. The zero-order valence-corrected chi connectivity index (χ0v) is 9.44. The molecule has 1 aliphatic rings. The predicted molar refractivity (Wildman–Crippen MR) is 59.1 cm³/mol. The Bertz CT molecular complexity index is 215. The fourth-order valence-electron chi connectivity index (χ4n) is 1.84. The highest BCUT2D eigenvalue weighted by molar-refractivity contribution is 5.85. The minimum atomic E-state index is -0.0254. The summed E-state index contributed by atoms with van der Waals surface area (Å²) in [5, 5.41) is 14.9. The second-order valence-electron chi connectivity index (χ2n) is 3.90. The van der Waals surface area contributed by atoms with Crippen molar-refractivity contribution in [2.24, 2.45) is 10.9 Å². The van der Waals surface area contributed by atoms with Gasteiger partial charge in [-0.15, -0.1) is 0 Å². The van der Waals surface area contributed by atoms with Crippen LogP contribution in [-0.4, -0.2) is 35.8 Å². The lowest BCUT2D eigenvalue weighted by Gasteiger charge is -2.37. The van der Waals surface area contributed by atoms with Gasteiger partial charge in [0.2, 0.25) is 0 Å². The summed E-state index contributed by atoms with van der Waals surface area (Å²) in [6.07, 6.45) is 3.25. The van der Waals surface area contributed by atoms with Crippen molar-refractivity contribution < 1.29 is 9.94 Å². The highest BCUT2D eigenvalue weighted by atomic mass is 16.5. The molecule has 5 nitrogen and oxygen atoms in total. The van der Waals surface area contributed by atoms with Gasteiger partial charge < -0.3 is 21.0 Å². The summed E-state index contributed by atoms with van der Waals surface area (Å²) in [6.45, 7) is 4.79. The van der Waals surface area contributed by atoms with E-state index in [0.29, 0.717) is 12.1 Å². The summed E-state index contributed by atoms with van der Waals surface area (Å²) in [5.41, 5.74) is 5.55. The number of nitrogens with two attached hydrogens (primary N) is 1. The smallest absolute Gasteiger partial charge is 0.156 e. The average molecular weight is 215 g/mol. The molecule has 1 unspecified atom stereocenters. The van der Waals surface area contributed by atoms with Gasteiger partial charge in [0, 0.05) is 12.6 Å². The Labute approximate surface area is 90.7 Å². The second kappa shape index (κ2) is 5.92. The summed E-state index contributed by atoms with van der Waals surface area (Å²) >= 11 is 0. The molecule has 0 bridgehead atoms. The SMILES string of the molecule is CCOC1CC(NC(CC)C(N)=NO)C1. The Balaban J connectivity index is 2.25. The maximum absolute atomic E-state index is 8.57. The lowest BCUT2D eigenvalue weighted by molar-refractivity contribution is -0.0110. The van der Waals surface area contributed by atoms with Crippen LogP contribution in [-0.2, 0) is 4.74 Å². The van der Waals surface area contributed by atoms with Crippen LogP contribution in [0.15, 0.2) is 5.16 Å². The molecule has 1 atom stereocenters. The van der Waals surface area contributed by atoms with E-state index in [4.69, 9.17) is 15.7 Å². The van der Waals surface area contributed by atoms with E-state index in [2.05, 4.69) is 10.5 Å². The van der Waals surface area contributed by atoms with Gasteiger partial charge in [0.15, 0.2) is 5.84 Å². The minimum absolute atomic E-state index is 0.0254. The first-order valence-electron chi connectivity index (χ1n) is 5.56. The molecule has 0 aliphatic heterocycles. The lowest BCUT2D eigenvalue weighted by atomic mass is 9.88. The molecule has 1 saturated carbocycles. The largest absolute Gasteiger partial charge is 0.409 e. The molecule has 5 heteroatoms. The molecule has 0 aromatic carbocycles. The van der Waals surface area contributed by atoms with E-state index in [1.165, 1.54) is 0 Å². The van der Waals surface area contributed by atoms with Gasteiger partial charge in [-0.3, -0.25) is 0 Å². The van der Waals surface area contributed by atoms with Crippen molar-refractivity contribution >= 4 is 5.84 Å². The Morgan fingerprint density at radius 3 is 2.73 bits per heavy atom. The van der Waals surface area contributed by atoms with E-state index >= 15 is 0 Å². The third-order valence-corrected chi connectivity index (χ3v) is 2.81. The van der Waals surface area contributed by atoms with Crippen LogP contribution >= 0.6 is 0 Å². The van der Waals surface area contributed by atoms with Crippen molar-refractivity contribution in [2.45, 2.75) is 51.3 Å². The topological polar surface area (TPSA) is 79.9 Å². The van der Waals surface area contributed by atoms with Gasteiger partial charge >= 0.3 is 0 Å². The second-order valence-corrected chi connectivity index (χ2v) is 3.90. The van der Waals surface area contributed by atoms with Crippen molar-refractivity contribution in [2.75, 3.05) is 6.61 Å². The number of nitrogens with one attached hydrogen (secondary N) is 1. The monoisotopic (exact) mass is 215 g/mol. The van der Waals surface area contributed by atoms with E-state index in [0.717, 1.165) is 25.9 Å². The van der Waals surface area contributed by atoms with E-state index in [1.54, 1.807) is 0 Å². The van der Waals surface area contributed by atoms with E-state index in [9.17, 15) is 0 Å². The van der Waals surface area contributed by atoms with Crippen molar-refractivity contribution in [1.29, 1.82) is 0 Å². The summed E-state index contributed by atoms with van der Waals surface area (Å²) < 4.78 is 5.46. The molecular formula is C10H21N3O2. The molecule has 0 heterocycles. The molecule has 0 aromatic rings. The fraction of sp³-hybridized carbons (Fsp3) is 0.900. The maximum atomic E-state index is 8.57. The van der Waals surface area contributed by atoms with Crippen LogP contribution in [0.4, 0.5) is 0 Å². The highest BCUT2D eigenvalue weighted by Crippen LogP contribution is 2.23. The van der Waals surface area contributed by atoms with Gasteiger partial charge in [0.25, 0.3) is 0 Å². The Hall–Kier alpha value is -0.810.